The molecule has 0 bridgehead atoms. The molecule has 3 rings (SSSR count). The zero-order valence-corrected chi connectivity index (χ0v) is 14.3. The first kappa shape index (κ1) is 18.0. The number of benzene rings is 1. The fourth-order valence-corrected chi connectivity index (χ4v) is 2.92. The molecule has 0 unspecified atom stereocenters. The van der Waals surface area contributed by atoms with Crippen LogP contribution in [0.15, 0.2) is 42.5 Å². The molecule has 1 saturated heterocycles. The summed E-state index contributed by atoms with van der Waals surface area (Å²) in [6.45, 7) is 3.85. The number of nitrogens with zero attached hydrogens (tertiary/aromatic N) is 3. The van der Waals surface area contributed by atoms with Gasteiger partial charge < -0.3 is 9.64 Å². The molecule has 1 aliphatic heterocycles. The highest BCUT2D eigenvalue weighted by Gasteiger charge is 2.23. The molecule has 136 valence electrons. The van der Waals surface area contributed by atoms with Crippen molar-refractivity contribution in [2.75, 3.05) is 26.2 Å². The Morgan fingerprint density at radius 2 is 1.85 bits per heavy atom. The number of hydrogen-bond donors (Lipinski definition) is 0. The summed E-state index contributed by atoms with van der Waals surface area (Å²) in [6, 6.07) is 11.6. The van der Waals surface area contributed by atoms with Crippen molar-refractivity contribution in [1.82, 2.24) is 14.8 Å². The molecule has 2 heterocycles. The predicted octanol–water partition coefficient (Wildman–Crippen LogP) is 1.85. The molecule has 7 heteroatoms. The van der Waals surface area contributed by atoms with Gasteiger partial charge in [-0.3, -0.25) is 14.5 Å². The number of carbonyl (C=O) groups excluding carboxylic acids is 2. The zero-order chi connectivity index (χ0) is 18.4. The van der Waals surface area contributed by atoms with Crippen LogP contribution in [0.4, 0.5) is 4.39 Å². The lowest BCUT2D eigenvalue weighted by Crippen LogP contribution is -2.48. The highest BCUT2D eigenvalue weighted by atomic mass is 19.1. The summed E-state index contributed by atoms with van der Waals surface area (Å²) in [5, 5.41) is 0. The maximum Gasteiger partial charge on any atom is 0.293 e. The van der Waals surface area contributed by atoms with E-state index in [1.165, 1.54) is 12.1 Å². The minimum Gasteiger partial charge on any atom is -0.461 e. The van der Waals surface area contributed by atoms with Crippen molar-refractivity contribution < 1.29 is 18.7 Å². The van der Waals surface area contributed by atoms with E-state index in [4.69, 9.17) is 0 Å². The molecular formula is C19H20FN3O3. The molecule has 6 nitrogen and oxygen atoms in total. The standard InChI is InChI=1S/C19H20FN3O3/c20-16-6-4-15(5-7-16)12-22-8-10-23(11-9-22)19(25)18-3-1-2-17(21-18)13-26-14-24/h1-7,14H,8-13H2. The first-order chi connectivity index (χ1) is 12.7. The lowest BCUT2D eigenvalue weighted by Gasteiger charge is -2.34. The minimum atomic E-state index is -0.238. The number of hydrogen-bond acceptors (Lipinski definition) is 5. The zero-order valence-electron chi connectivity index (χ0n) is 14.3. The van der Waals surface area contributed by atoms with E-state index in [1.807, 2.05) is 0 Å². The van der Waals surface area contributed by atoms with E-state index in [0.717, 1.165) is 25.2 Å². The molecule has 0 saturated carbocycles. The number of amides is 1. The summed E-state index contributed by atoms with van der Waals surface area (Å²) in [7, 11) is 0. The molecule has 1 aliphatic rings. The minimum absolute atomic E-state index is 0.0517. The molecule has 1 amide bonds. The summed E-state index contributed by atoms with van der Waals surface area (Å²) in [5.41, 5.74) is 1.94. The number of carbonyl (C=O) groups is 2. The Hall–Kier alpha value is -2.80. The quantitative estimate of drug-likeness (QED) is 0.739. The number of pyridine rings is 1. The van der Waals surface area contributed by atoms with Crippen LogP contribution < -0.4 is 0 Å². The largest absolute Gasteiger partial charge is 0.461 e. The number of ether oxygens (including phenoxy) is 1. The molecular weight excluding hydrogens is 337 g/mol. The monoisotopic (exact) mass is 357 g/mol. The van der Waals surface area contributed by atoms with E-state index < -0.39 is 0 Å². The third kappa shape index (κ3) is 4.64. The molecule has 0 aliphatic carbocycles. The molecule has 0 N–H and O–H groups in total. The van der Waals surface area contributed by atoms with E-state index in [1.54, 1.807) is 35.2 Å². The van der Waals surface area contributed by atoms with Gasteiger partial charge in [0.2, 0.25) is 0 Å². The van der Waals surface area contributed by atoms with E-state index in [9.17, 15) is 14.0 Å². The van der Waals surface area contributed by atoms with Gasteiger partial charge in [-0.2, -0.15) is 0 Å². The van der Waals surface area contributed by atoms with Gasteiger partial charge in [-0.15, -0.1) is 0 Å². The van der Waals surface area contributed by atoms with Crippen LogP contribution in [0.2, 0.25) is 0 Å². The van der Waals surface area contributed by atoms with E-state index in [-0.39, 0.29) is 18.3 Å². The van der Waals surface area contributed by atoms with Crippen molar-refractivity contribution in [3.8, 4) is 0 Å². The topological polar surface area (TPSA) is 62.7 Å². The van der Waals surface area contributed by atoms with Gasteiger partial charge in [0.15, 0.2) is 0 Å². The summed E-state index contributed by atoms with van der Waals surface area (Å²) < 4.78 is 17.7. The average molecular weight is 357 g/mol. The molecule has 1 fully saturated rings. The van der Waals surface area contributed by atoms with Crippen molar-refractivity contribution >= 4 is 12.4 Å². The van der Waals surface area contributed by atoms with Crippen LogP contribution in [0.3, 0.4) is 0 Å². The molecule has 1 aromatic carbocycles. The van der Waals surface area contributed by atoms with E-state index >= 15 is 0 Å². The number of rotatable bonds is 6. The Kier molecular flexibility index (Phi) is 5.91. The fourth-order valence-electron chi connectivity index (χ4n) is 2.92. The molecule has 0 atom stereocenters. The van der Waals surface area contributed by atoms with Crippen molar-refractivity contribution in [3.05, 3.63) is 65.2 Å². The maximum atomic E-state index is 13.0. The highest BCUT2D eigenvalue weighted by Crippen LogP contribution is 2.12. The molecule has 2 aromatic rings. The lowest BCUT2D eigenvalue weighted by molar-refractivity contribution is -0.129. The van der Waals surface area contributed by atoms with E-state index in [0.29, 0.717) is 30.9 Å². The predicted molar refractivity (Wildman–Crippen MR) is 92.7 cm³/mol. The van der Waals surface area contributed by atoms with Crippen LogP contribution >= 0.6 is 0 Å². The van der Waals surface area contributed by atoms with Crippen LogP contribution in [0.25, 0.3) is 0 Å². The maximum absolute atomic E-state index is 13.0. The van der Waals surface area contributed by atoms with Gasteiger partial charge in [0.1, 0.15) is 18.1 Å². The Morgan fingerprint density at radius 1 is 1.12 bits per heavy atom. The molecule has 0 spiro atoms. The number of halogens is 1. The van der Waals surface area contributed by atoms with Crippen LogP contribution in [0, 0.1) is 5.82 Å². The summed E-state index contributed by atoms with van der Waals surface area (Å²) >= 11 is 0. The molecule has 1 aromatic heterocycles. The summed E-state index contributed by atoms with van der Waals surface area (Å²) in [6.07, 6.45) is 0. The normalized spacial score (nSPS) is 14.9. The number of piperazine rings is 1. The van der Waals surface area contributed by atoms with E-state index in [2.05, 4.69) is 14.6 Å². The van der Waals surface area contributed by atoms with Gasteiger partial charge in [-0.05, 0) is 29.8 Å². The Morgan fingerprint density at radius 3 is 2.54 bits per heavy atom. The summed E-state index contributed by atoms with van der Waals surface area (Å²) in [5.74, 6) is -0.364. The number of aromatic nitrogens is 1. The molecule has 0 radical (unpaired) electrons. The van der Waals surface area contributed by atoms with Crippen LogP contribution in [0.5, 0.6) is 0 Å². The first-order valence-corrected chi connectivity index (χ1v) is 8.43. The summed E-state index contributed by atoms with van der Waals surface area (Å²) in [4.78, 5) is 31.2. The van der Waals surface area contributed by atoms with Gasteiger partial charge in [-0.1, -0.05) is 18.2 Å². The highest BCUT2D eigenvalue weighted by molar-refractivity contribution is 5.92. The second kappa shape index (κ2) is 8.53. The first-order valence-electron chi connectivity index (χ1n) is 8.43. The van der Waals surface area contributed by atoms with Gasteiger partial charge in [0, 0.05) is 32.7 Å². The third-order valence-corrected chi connectivity index (χ3v) is 4.30. The van der Waals surface area contributed by atoms with Gasteiger partial charge in [0.05, 0.1) is 5.69 Å². The van der Waals surface area contributed by atoms with Crippen molar-refractivity contribution in [3.63, 3.8) is 0 Å². The van der Waals surface area contributed by atoms with Crippen LogP contribution in [0.1, 0.15) is 21.7 Å². The Labute approximate surface area is 151 Å². The van der Waals surface area contributed by atoms with Crippen LogP contribution in [-0.2, 0) is 22.7 Å². The van der Waals surface area contributed by atoms with Gasteiger partial charge in [-0.25, -0.2) is 9.37 Å². The van der Waals surface area contributed by atoms with Crippen molar-refractivity contribution in [2.45, 2.75) is 13.2 Å². The van der Waals surface area contributed by atoms with Crippen molar-refractivity contribution in [2.24, 2.45) is 0 Å². The van der Waals surface area contributed by atoms with Gasteiger partial charge >= 0.3 is 0 Å². The lowest BCUT2D eigenvalue weighted by atomic mass is 10.2. The SMILES string of the molecule is O=COCc1cccc(C(=O)N2CCN(Cc3ccc(F)cc3)CC2)n1. The average Bonchev–Trinajstić information content (AvgIpc) is 2.68. The molecule has 26 heavy (non-hydrogen) atoms. The Bertz CT molecular complexity index is 759. The second-order valence-corrected chi connectivity index (χ2v) is 6.12. The van der Waals surface area contributed by atoms with Crippen molar-refractivity contribution in [1.29, 1.82) is 0 Å². The van der Waals surface area contributed by atoms with Gasteiger partial charge in [0.25, 0.3) is 12.4 Å². The Balaban J connectivity index is 1.54. The fraction of sp³-hybridized carbons (Fsp3) is 0.316. The second-order valence-electron chi connectivity index (χ2n) is 6.12. The third-order valence-electron chi connectivity index (χ3n) is 4.30. The van der Waals surface area contributed by atoms with Crippen LogP contribution in [-0.4, -0.2) is 53.3 Å². The smallest absolute Gasteiger partial charge is 0.293 e.